The largest absolute Gasteiger partial charge is 0.494 e. The van der Waals surface area contributed by atoms with Gasteiger partial charge in [0.15, 0.2) is 0 Å². The molecule has 0 unspecified atom stereocenters. The van der Waals surface area contributed by atoms with E-state index in [2.05, 4.69) is 5.32 Å². The molecular weight excluding hydrogens is 569 g/mol. The first-order valence-electron chi connectivity index (χ1n) is 14.9. The Morgan fingerprint density at radius 1 is 0.930 bits per heavy atom. The lowest BCUT2D eigenvalue weighted by Crippen LogP contribution is -2.54. The van der Waals surface area contributed by atoms with Crippen LogP contribution in [0.1, 0.15) is 57.9 Å². The molecule has 0 saturated heterocycles. The van der Waals surface area contributed by atoms with Crippen LogP contribution in [0, 0.1) is 5.82 Å². The first-order chi connectivity index (χ1) is 20.7. The Morgan fingerprint density at radius 3 is 2.19 bits per heavy atom. The molecule has 3 aromatic rings. The fourth-order valence-electron chi connectivity index (χ4n) is 5.38. The van der Waals surface area contributed by atoms with Gasteiger partial charge in [0.2, 0.25) is 11.8 Å². The minimum absolute atomic E-state index is 0.000209. The second-order valence-corrected chi connectivity index (χ2v) is 12.5. The molecule has 3 aromatic carbocycles. The highest BCUT2D eigenvalue weighted by molar-refractivity contribution is 7.92. The molecule has 8 nitrogen and oxygen atoms in total. The van der Waals surface area contributed by atoms with E-state index in [1.54, 1.807) is 54.6 Å². The van der Waals surface area contributed by atoms with Gasteiger partial charge in [-0.3, -0.25) is 13.9 Å². The lowest BCUT2D eigenvalue weighted by Gasteiger charge is -2.34. The van der Waals surface area contributed by atoms with Crippen LogP contribution in [-0.2, 0) is 26.2 Å². The smallest absolute Gasteiger partial charge is 0.264 e. The minimum Gasteiger partial charge on any atom is -0.494 e. The number of ether oxygens (including phenoxy) is 1. The van der Waals surface area contributed by atoms with Gasteiger partial charge in [0.05, 0.1) is 17.2 Å². The highest BCUT2D eigenvalue weighted by Gasteiger charge is 2.34. The zero-order valence-corrected chi connectivity index (χ0v) is 25.6. The van der Waals surface area contributed by atoms with Crippen molar-refractivity contribution in [1.29, 1.82) is 0 Å². The Labute approximate surface area is 253 Å². The molecule has 1 N–H and O–H groups in total. The standard InChI is InChI=1S/C33H40FN3O5S/c1-3-31(33(39)35-27-11-7-5-8-12-27)36(23-25-15-17-26(34)18-16-25)32(38)24-37(28-13-9-6-10-14-28)43(40,41)30-21-19-29(20-22-30)42-4-2/h6,9-10,13-22,27,31H,3-5,7-8,11-12,23-24H2,1-2H3,(H,35,39)/t31-/m0/s1. The Bertz CT molecular complexity index is 1440. The van der Waals surface area contributed by atoms with Crippen LogP contribution < -0.4 is 14.4 Å². The van der Waals surface area contributed by atoms with E-state index >= 15 is 0 Å². The van der Waals surface area contributed by atoms with Crippen molar-refractivity contribution in [3.05, 3.63) is 90.2 Å². The van der Waals surface area contributed by atoms with Gasteiger partial charge in [-0.05, 0) is 80.3 Å². The van der Waals surface area contributed by atoms with E-state index in [4.69, 9.17) is 4.74 Å². The Hall–Kier alpha value is -3.92. The number of carbonyl (C=O) groups excluding carboxylic acids is 2. The van der Waals surface area contributed by atoms with Crippen LogP contribution in [0.25, 0.3) is 0 Å². The number of nitrogens with one attached hydrogen (secondary N) is 1. The number of carbonyl (C=O) groups is 2. The summed E-state index contributed by atoms with van der Waals surface area (Å²) in [5, 5.41) is 3.12. The van der Waals surface area contributed by atoms with E-state index in [1.165, 1.54) is 29.2 Å². The Morgan fingerprint density at radius 2 is 1.58 bits per heavy atom. The number of nitrogens with zero attached hydrogens (tertiary/aromatic N) is 2. The molecule has 0 bridgehead atoms. The summed E-state index contributed by atoms with van der Waals surface area (Å²) in [7, 11) is -4.19. The molecule has 1 aliphatic rings. The summed E-state index contributed by atoms with van der Waals surface area (Å²) in [5.74, 6) is -0.705. The number of anilines is 1. The maximum Gasteiger partial charge on any atom is 0.264 e. The van der Waals surface area contributed by atoms with Gasteiger partial charge in [0.1, 0.15) is 24.2 Å². The molecule has 0 radical (unpaired) electrons. The molecule has 2 amide bonds. The fraction of sp³-hybridized carbons (Fsp3) is 0.394. The topological polar surface area (TPSA) is 96.0 Å². The number of halogens is 1. The van der Waals surface area contributed by atoms with Gasteiger partial charge in [-0.2, -0.15) is 0 Å². The zero-order chi connectivity index (χ0) is 30.8. The third-order valence-electron chi connectivity index (χ3n) is 7.65. The summed E-state index contributed by atoms with van der Waals surface area (Å²) in [6.45, 7) is 3.58. The van der Waals surface area contributed by atoms with Gasteiger partial charge in [0.25, 0.3) is 10.0 Å². The number of para-hydroxylation sites is 1. The Kier molecular flexibility index (Phi) is 11.2. The van der Waals surface area contributed by atoms with E-state index in [0.717, 1.165) is 36.4 Å². The fourth-order valence-corrected chi connectivity index (χ4v) is 6.79. The van der Waals surface area contributed by atoms with Crippen molar-refractivity contribution in [2.45, 2.75) is 75.9 Å². The number of sulfonamides is 1. The SMILES string of the molecule is CCOc1ccc(S(=O)(=O)N(CC(=O)N(Cc2ccc(F)cc2)[C@@H](CC)C(=O)NC2CCCCC2)c2ccccc2)cc1. The van der Waals surface area contributed by atoms with E-state index in [-0.39, 0.29) is 23.4 Å². The van der Waals surface area contributed by atoms with Gasteiger partial charge in [0, 0.05) is 12.6 Å². The lowest BCUT2D eigenvalue weighted by molar-refractivity contribution is -0.140. The Balaban J connectivity index is 1.67. The minimum atomic E-state index is -4.19. The maximum absolute atomic E-state index is 14.2. The summed E-state index contributed by atoms with van der Waals surface area (Å²) >= 11 is 0. The van der Waals surface area contributed by atoms with Crippen molar-refractivity contribution in [1.82, 2.24) is 10.2 Å². The van der Waals surface area contributed by atoms with Crippen molar-refractivity contribution in [3.8, 4) is 5.75 Å². The van der Waals surface area contributed by atoms with Crippen molar-refractivity contribution >= 4 is 27.5 Å². The third-order valence-corrected chi connectivity index (χ3v) is 9.44. The molecule has 10 heteroatoms. The second-order valence-electron chi connectivity index (χ2n) is 10.7. The van der Waals surface area contributed by atoms with Crippen molar-refractivity contribution in [3.63, 3.8) is 0 Å². The monoisotopic (exact) mass is 609 g/mol. The molecule has 0 aliphatic heterocycles. The van der Waals surface area contributed by atoms with E-state index in [0.29, 0.717) is 30.0 Å². The number of amides is 2. The van der Waals surface area contributed by atoms with Crippen LogP contribution in [-0.4, -0.2) is 50.4 Å². The summed E-state index contributed by atoms with van der Waals surface area (Å²) in [6.07, 6.45) is 5.30. The van der Waals surface area contributed by atoms with Gasteiger partial charge in [-0.25, -0.2) is 12.8 Å². The quantitative estimate of drug-likeness (QED) is 0.269. The molecular formula is C33H40FN3O5S. The molecule has 1 saturated carbocycles. The molecule has 0 aromatic heterocycles. The van der Waals surface area contributed by atoms with Crippen LogP contribution >= 0.6 is 0 Å². The first kappa shape index (κ1) is 32.0. The maximum atomic E-state index is 14.2. The van der Waals surface area contributed by atoms with Crippen molar-refractivity contribution in [2.75, 3.05) is 17.5 Å². The van der Waals surface area contributed by atoms with Crippen LogP contribution in [0.2, 0.25) is 0 Å². The van der Waals surface area contributed by atoms with Crippen LogP contribution in [0.5, 0.6) is 5.75 Å². The highest BCUT2D eigenvalue weighted by Crippen LogP contribution is 2.26. The van der Waals surface area contributed by atoms with E-state index < -0.39 is 34.3 Å². The van der Waals surface area contributed by atoms with Crippen molar-refractivity contribution in [2.24, 2.45) is 0 Å². The average Bonchev–Trinajstić information content (AvgIpc) is 3.02. The summed E-state index contributed by atoms with van der Waals surface area (Å²) in [4.78, 5) is 29.2. The second kappa shape index (κ2) is 15.0. The van der Waals surface area contributed by atoms with Gasteiger partial charge >= 0.3 is 0 Å². The molecule has 1 fully saturated rings. The van der Waals surface area contributed by atoms with Gasteiger partial charge in [-0.15, -0.1) is 0 Å². The molecule has 230 valence electrons. The lowest BCUT2D eigenvalue weighted by atomic mass is 9.95. The highest BCUT2D eigenvalue weighted by atomic mass is 32.2. The number of benzene rings is 3. The van der Waals surface area contributed by atoms with E-state index in [1.807, 2.05) is 13.8 Å². The van der Waals surface area contributed by atoms with Crippen LogP contribution in [0.3, 0.4) is 0 Å². The van der Waals surface area contributed by atoms with Crippen LogP contribution in [0.4, 0.5) is 10.1 Å². The average molecular weight is 610 g/mol. The summed E-state index contributed by atoms with van der Waals surface area (Å²) in [5.41, 5.74) is 0.936. The molecule has 0 spiro atoms. The third kappa shape index (κ3) is 8.34. The van der Waals surface area contributed by atoms with Crippen molar-refractivity contribution < 1.29 is 27.1 Å². The van der Waals surface area contributed by atoms with Gasteiger partial charge < -0.3 is 15.0 Å². The predicted octanol–water partition coefficient (Wildman–Crippen LogP) is 5.68. The molecule has 0 heterocycles. The molecule has 43 heavy (non-hydrogen) atoms. The molecule has 1 atom stereocenters. The first-order valence-corrected chi connectivity index (χ1v) is 16.3. The predicted molar refractivity (Wildman–Crippen MR) is 165 cm³/mol. The number of hydrogen-bond donors (Lipinski definition) is 1. The normalized spacial score (nSPS) is 14.5. The van der Waals surface area contributed by atoms with Crippen LogP contribution in [0.15, 0.2) is 83.8 Å². The van der Waals surface area contributed by atoms with Gasteiger partial charge in [-0.1, -0.05) is 56.5 Å². The number of rotatable bonds is 13. The van der Waals surface area contributed by atoms with E-state index in [9.17, 15) is 22.4 Å². The zero-order valence-electron chi connectivity index (χ0n) is 24.7. The molecule has 1 aliphatic carbocycles. The summed E-state index contributed by atoms with van der Waals surface area (Å²) in [6, 6.07) is 19.4. The number of hydrogen-bond acceptors (Lipinski definition) is 5. The molecule has 4 rings (SSSR count). The summed E-state index contributed by atoms with van der Waals surface area (Å²) < 4.78 is 48.2.